The van der Waals surface area contributed by atoms with E-state index in [1.807, 2.05) is 0 Å². The van der Waals surface area contributed by atoms with Crippen LogP contribution in [0.5, 0.6) is 0 Å². The molecule has 0 amide bonds. The molecule has 1 fully saturated rings. The van der Waals surface area contributed by atoms with E-state index in [4.69, 9.17) is 10.7 Å². The molecule has 4 nitrogen and oxygen atoms in total. The van der Waals surface area contributed by atoms with Crippen molar-refractivity contribution in [3.63, 3.8) is 0 Å². The minimum atomic E-state index is 0.493. The number of nitrogens with zero attached hydrogens (tertiary/aromatic N) is 2. The third kappa shape index (κ3) is 3.08. The second-order valence-electron chi connectivity index (χ2n) is 6.10. The van der Waals surface area contributed by atoms with E-state index in [2.05, 4.69) is 49.3 Å². The van der Waals surface area contributed by atoms with Gasteiger partial charge in [0, 0.05) is 11.6 Å². The number of rotatable bonds is 4. The summed E-state index contributed by atoms with van der Waals surface area (Å²) in [6.45, 7) is 2.08. The first-order chi connectivity index (χ1) is 10.7. The topological polar surface area (TPSA) is 63.8 Å². The van der Waals surface area contributed by atoms with Crippen molar-refractivity contribution >= 4 is 19.4 Å². The summed E-state index contributed by atoms with van der Waals surface area (Å²) in [5.74, 6) is 1.56. The van der Waals surface area contributed by atoms with Crippen molar-refractivity contribution in [1.29, 1.82) is 0 Å². The molecule has 0 bridgehead atoms. The standard InChI is InChI=1S/C17H23BN4/c1-11-6-8-12(9-7-11)16-21-14(10-18)15(19)17(22-16)20-13-4-2-3-5-13/h6-9,13H,2-5,10,18-19H2,1H3,(H,20,21,22). The predicted octanol–water partition coefficient (Wildman–Crippen LogP) is 2.52. The van der Waals surface area contributed by atoms with Gasteiger partial charge in [0.05, 0.1) is 11.4 Å². The van der Waals surface area contributed by atoms with Crippen molar-refractivity contribution in [2.45, 2.75) is 45.0 Å². The average Bonchev–Trinajstić information content (AvgIpc) is 3.03. The Morgan fingerprint density at radius 3 is 2.50 bits per heavy atom. The fourth-order valence-electron chi connectivity index (χ4n) is 2.99. The Bertz CT molecular complexity index is 648. The fourth-order valence-corrected chi connectivity index (χ4v) is 2.99. The normalized spacial score (nSPS) is 15.1. The summed E-state index contributed by atoms with van der Waals surface area (Å²) in [4.78, 5) is 9.35. The van der Waals surface area contributed by atoms with Gasteiger partial charge in [-0.15, -0.1) is 0 Å². The number of anilines is 2. The Balaban J connectivity index is 1.97. The van der Waals surface area contributed by atoms with Gasteiger partial charge in [0.15, 0.2) is 11.6 Å². The van der Waals surface area contributed by atoms with Gasteiger partial charge in [-0.2, -0.15) is 0 Å². The van der Waals surface area contributed by atoms with Crippen LogP contribution >= 0.6 is 0 Å². The molecule has 1 aliphatic carbocycles. The highest BCUT2D eigenvalue weighted by Crippen LogP contribution is 2.28. The summed E-state index contributed by atoms with van der Waals surface area (Å²) >= 11 is 0. The lowest BCUT2D eigenvalue weighted by Crippen LogP contribution is -2.18. The molecule has 3 rings (SSSR count). The molecule has 0 aliphatic heterocycles. The van der Waals surface area contributed by atoms with Gasteiger partial charge in [-0.1, -0.05) is 42.7 Å². The minimum absolute atomic E-state index is 0.493. The van der Waals surface area contributed by atoms with E-state index in [1.54, 1.807) is 0 Å². The highest BCUT2D eigenvalue weighted by Gasteiger charge is 2.18. The Morgan fingerprint density at radius 1 is 1.18 bits per heavy atom. The molecule has 1 aliphatic rings. The number of benzene rings is 1. The Labute approximate surface area is 133 Å². The van der Waals surface area contributed by atoms with Gasteiger partial charge in [-0.05, 0) is 26.1 Å². The van der Waals surface area contributed by atoms with E-state index in [0.29, 0.717) is 11.7 Å². The van der Waals surface area contributed by atoms with Gasteiger partial charge >= 0.3 is 0 Å². The molecule has 3 N–H and O–H groups in total. The predicted molar refractivity (Wildman–Crippen MR) is 94.7 cm³/mol. The van der Waals surface area contributed by atoms with Gasteiger partial charge in [-0.3, -0.25) is 0 Å². The zero-order chi connectivity index (χ0) is 15.5. The first-order valence-electron chi connectivity index (χ1n) is 8.17. The highest BCUT2D eigenvalue weighted by atomic mass is 15.1. The summed E-state index contributed by atoms with van der Waals surface area (Å²) in [6, 6.07) is 8.81. The average molecular weight is 294 g/mol. The molecule has 1 heterocycles. The van der Waals surface area contributed by atoms with Crippen molar-refractivity contribution < 1.29 is 0 Å². The Kier molecular flexibility index (Phi) is 4.32. The molecular weight excluding hydrogens is 271 g/mol. The monoisotopic (exact) mass is 294 g/mol. The van der Waals surface area contributed by atoms with Crippen LogP contribution in [0.3, 0.4) is 0 Å². The first kappa shape index (κ1) is 14.9. The number of nitrogens with two attached hydrogens (primary N) is 1. The maximum atomic E-state index is 6.26. The molecule has 0 unspecified atom stereocenters. The molecule has 0 saturated heterocycles. The van der Waals surface area contributed by atoms with Crippen LogP contribution in [0.1, 0.15) is 36.9 Å². The zero-order valence-electron chi connectivity index (χ0n) is 13.4. The van der Waals surface area contributed by atoms with Gasteiger partial charge in [0.2, 0.25) is 0 Å². The van der Waals surface area contributed by atoms with E-state index in [0.717, 1.165) is 29.2 Å². The van der Waals surface area contributed by atoms with Crippen molar-refractivity contribution in [3.05, 3.63) is 35.5 Å². The van der Waals surface area contributed by atoms with Gasteiger partial charge in [0.1, 0.15) is 7.85 Å². The van der Waals surface area contributed by atoms with E-state index in [-0.39, 0.29) is 0 Å². The van der Waals surface area contributed by atoms with Crippen molar-refractivity contribution in [2.24, 2.45) is 0 Å². The van der Waals surface area contributed by atoms with Gasteiger partial charge in [-0.25, -0.2) is 9.97 Å². The van der Waals surface area contributed by atoms with Crippen LogP contribution in [0.25, 0.3) is 11.4 Å². The van der Waals surface area contributed by atoms with Crippen LogP contribution in [0.15, 0.2) is 24.3 Å². The summed E-state index contributed by atoms with van der Waals surface area (Å²) < 4.78 is 0. The molecule has 1 aromatic carbocycles. The molecule has 5 heteroatoms. The van der Waals surface area contributed by atoms with Crippen LogP contribution in [0, 0.1) is 6.92 Å². The second kappa shape index (κ2) is 6.38. The summed E-state index contributed by atoms with van der Waals surface area (Å²) in [5.41, 5.74) is 10.1. The molecule has 0 spiro atoms. The Hall–Kier alpha value is -2.04. The lowest BCUT2D eigenvalue weighted by atomic mass is 10.00. The van der Waals surface area contributed by atoms with E-state index in [1.165, 1.54) is 31.2 Å². The highest BCUT2D eigenvalue weighted by molar-refractivity contribution is 6.08. The molecule has 2 aromatic rings. The van der Waals surface area contributed by atoms with E-state index < -0.39 is 0 Å². The van der Waals surface area contributed by atoms with Gasteiger partial charge in [0.25, 0.3) is 0 Å². The number of nitrogen functional groups attached to an aromatic ring is 1. The molecule has 1 saturated carbocycles. The quantitative estimate of drug-likeness (QED) is 0.851. The van der Waals surface area contributed by atoms with E-state index >= 15 is 0 Å². The maximum Gasteiger partial charge on any atom is 0.161 e. The van der Waals surface area contributed by atoms with Gasteiger partial charge < -0.3 is 11.1 Å². The third-order valence-electron chi connectivity index (χ3n) is 4.37. The van der Waals surface area contributed by atoms with Crippen molar-refractivity contribution in [1.82, 2.24) is 9.97 Å². The number of aryl methyl sites for hydroxylation is 1. The van der Waals surface area contributed by atoms with Crippen LogP contribution < -0.4 is 11.1 Å². The number of hydrogen-bond donors (Lipinski definition) is 2. The largest absolute Gasteiger partial charge is 0.394 e. The van der Waals surface area contributed by atoms with E-state index in [9.17, 15) is 0 Å². The summed E-state index contributed by atoms with van der Waals surface area (Å²) in [7, 11) is 2.08. The summed E-state index contributed by atoms with van der Waals surface area (Å²) in [5, 5.41) is 3.53. The second-order valence-corrected chi connectivity index (χ2v) is 6.10. The third-order valence-corrected chi connectivity index (χ3v) is 4.37. The SMILES string of the molecule is BCc1nc(-c2ccc(C)cc2)nc(NC2CCCC2)c1N. The molecule has 0 atom stereocenters. The maximum absolute atomic E-state index is 6.26. The number of aromatic nitrogens is 2. The Morgan fingerprint density at radius 2 is 1.86 bits per heavy atom. The number of hydrogen-bond acceptors (Lipinski definition) is 4. The zero-order valence-corrected chi connectivity index (χ0v) is 13.4. The first-order valence-corrected chi connectivity index (χ1v) is 8.17. The van der Waals surface area contributed by atoms with Crippen LogP contribution in [0.2, 0.25) is 0 Å². The molecular formula is C17H23BN4. The summed E-state index contributed by atoms with van der Waals surface area (Å²) in [6.07, 6.45) is 5.78. The molecule has 1 aromatic heterocycles. The van der Waals surface area contributed by atoms with Crippen molar-refractivity contribution in [2.75, 3.05) is 11.1 Å². The van der Waals surface area contributed by atoms with Crippen LogP contribution in [-0.4, -0.2) is 23.9 Å². The molecule has 0 radical (unpaired) electrons. The van der Waals surface area contributed by atoms with Crippen LogP contribution in [-0.2, 0) is 6.32 Å². The lowest BCUT2D eigenvalue weighted by Gasteiger charge is -2.17. The molecule has 114 valence electrons. The van der Waals surface area contributed by atoms with Crippen molar-refractivity contribution in [3.8, 4) is 11.4 Å². The fraction of sp³-hybridized carbons (Fsp3) is 0.412. The number of nitrogens with one attached hydrogen (secondary N) is 1. The lowest BCUT2D eigenvalue weighted by molar-refractivity contribution is 0.750. The molecule has 22 heavy (non-hydrogen) atoms. The van der Waals surface area contributed by atoms with Crippen LogP contribution in [0.4, 0.5) is 11.5 Å². The smallest absolute Gasteiger partial charge is 0.161 e. The minimum Gasteiger partial charge on any atom is -0.394 e.